The largest absolute Gasteiger partial charge is 0.384 e. The highest BCUT2D eigenvalue weighted by Crippen LogP contribution is 2.35. The standard InChI is InChI=1S/C10H21NO3S/c1-9-7-10(2,8-14-3)5-6-11(9)15(4,12)13/h9H,5-8H2,1-4H3/t9?,10-/m0/s1. The Hall–Kier alpha value is -0.130. The molecule has 0 N–H and O–H groups in total. The minimum atomic E-state index is -3.05. The van der Waals surface area contributed by atoms with Crippen LogP contribution < -0.4 is 0 Å². The van der Waals surface area contributed by atoms with Gasteiger partial charge in [0.05, 0.1) is 12.9 Å². The first-order valence-electron chi connectivity index (χ1n) is 5.24. The molecule has 0 amide bonds. The van der Waals surface area contributed by atoms with E-state index in [4.69, 9.17) is 4.74 Å². The number of hydrogen-bond donors (Lipinski definition) is 0. The van der Waals surface area contributed by atoms with Gasteiger partial charge in [-0.2, -0.15) is 4.31 Å². The molecule has 1 fully saturated rings. The van der Waals surface area contributed by atoms with Crippen molar-refractivity contribution in [2.45, 2.75) is 32.7 Å². The Labute approximate surface area is 92.7 Å². The summed E-state index contributed by atoms with van der Waals surface area (Å²) in [4.78, 5) is 0. The third-order valence-electron chi connectivity index (χ3n) is 3.13. The van der Waals surface area contributed by atoms with Gasteiger partial charge in [-0.3, -0.25) is 0 Å². The van der Waals surface area contributed by atoms with Gasteiger partial charge < -0.3 is 4.74 Å². The summed E-state index contributed by atoms with van der Waals surface area (Å²) in [6.07, 6.45) is 3.02. The summed E-state index contributed by atoms with van der Waals surface area (Å²) < 4.78 is 29.7. The van der Waals surface area contributed by atoms with Crippen molar-refractivity contribution in [1.82, 2.24) is 4.31 Å². The topological polar surface area (TPSA) is 46.6 Å². The van der Waals surface area contributed by atoms with Crippen molar-refractivity contribution in [3.63, 3.8) is 0 Å². The zero-order valence-corrected chi connectivity index (χ0v) is 10.8. The van der Waals surface area contributed by atoms with Gasteiger partial charge in [0, 0.05) is 19.7 Å². The van der Waals surface area contributed by atoms with Crippen molar-refractivity contribution in [3.8, 4) is 0 Å². The third-order valence-corrected chi connectivity index (χ3v) is 4.53. The molecule has 1 aliphatic heterocycles. The van der Waals surface area contributed by atoms with Crippen LogP contribution in [0.25, 0.3) is 0 Å². The van der Waals surface area contributed by atoms with Crippen LogP contribution in [0.15, 0.2) is 0 Å². The number of sulfonamides is 1. The van der Waals surface area contributed by atoms with Crippen molar-refractivity contribution in [3.05, 3.63) is 0 Å². The fraction of sp³-hybridized carbons (Fsp3) is 1.00. The van der Waals surface area contributed by atoms with Crippen molar-refractivity contribution < 1.29 is 13.2 Å². The molecule has 0 spiro atoms. The van der Waals surface area contributed by atoms with E-state index in [0.717, 1.165) is 12.8 Å². The Kier molecular flexibility index (Phi) is 3.79. The fourth-order valence-corrected chi connectivity index (χ4v) is 3.64. The van der Waals surface area contributed by atoms with E-state index >= 15 is 0 Å². The lowest BCUT2D eigenvalue weighted by molar-refractivity contribution is 0.0354. The fourth-order valence-electron chi connectivity index (χ4n) is 2.49. The van der Waals surface area contributed by atoms with E-state index in [1.807, 2.05) is 6.92 Å². The van der Waals surface area contributed by atoms with Gasteiger partial charge in [0.15, 0.2) is 0 Å². The maximum Gasteiger partial charge on any atom is 0.211 e. The van der Waals surface area contributed by atoms with Gasteiger partial charge in [-0.15, -0.1) is 0 Å². The lowest BCUT2D eigenvalue weighted by Gasteiger charge is -2.42. The van der Waals surface area contributed by atoms with Crippen molar-refractivity contribution in [2.24, 2.45) is 5.41 Å². The Balaban J connectivity index is 2.71. The molecule has 1 heterocycles. The van der Waals surface area contributed by atoms with Crippen LogP contribution in [0.3, 0.4) is 0 Å². The predicted molar refractivity (Wildman–Crippen MR) is 60.2 cm³/mol. The first kappa shape index (κ1) is 12.9. The summed E-state index contributed by atoms with van der Waals surface area (Å²) in [5.41, 5.74) is 0.120. The average molecular weight is 235 g/mol. The van der Waals surface area contributed by atoms with Gasteiger partial charge in [0.25, 0.3) is 0 Å². The molecule has 4 nitrogen and oxygen atoms in total. The van der Waals surface area contributed by atoms with Crippen LogP contribution >= 0.6 is 0 Å². The molecule has 0 radical (unpaired) electrons. The third kappa shape index (κ3) is 3.16. The van der Waals surface area contributed by atoms with Crippen LogP contribution in [-0.4, -0.2) is 45.3 Å². The average Bonchev–Trinajstić information content (AvgIpc) is 2.00. The smallest absolute Gasteiger partial charge is 0.211 e. The molecule has 5 heteroatoms. The molecule has 0 aromatic carbocycles. The highest BCUT2D eigenvalue weighted by atomic mass is 32.2. The van der Waals surface area contributed by atoms with Gasteiger partial charge in [-0.05, 0) is 25.2 Å². The second kappa shape index (κ2) is 4.39. The number of nitrogens with zero attached hydrogens (tertiary/aromatic N) is 1. The van der Waals surface area contributed by atoms with Crippen molar-refractivity contribution in [2.75, 3.05) is 26.5 Å². The molecule has 2 atom stereocenters. The van der Waals surface area contributed by atoms with Crippen LogP contribution in [-0.2, 0) is 14.8 Å². The molecular formula is C10H21NO3S. The molecule has 0 aromatic heterocycles. The van der Waals surface area contributed by atoms with Gasteiger partial charge in [-0.1, -0.05) is 6.92 Å². The summed E-state index contributed by atoms with van der Waals surface area (Å²) in [5, 5.41) is 0. The second-order valence-electron chi connectivity index (χ2n) is 4.92. The first-order chi connectivity index (χ1) is 6.78. The second-order valence-corrected chi connectivity index (χ2v) is 6.86. The summed E-state index contributed by atoms with van der Waals surface area (Å²) in [5.74, 6) is 0. The lowest BCUT2D eigenvalue weighted by atomic mass is 9.79. The minimum Gasteiger partial charge on any atom is -0.384 e. The molecule has 15 heavy (non-hydrogen) atoms. The summed E-state index contributed by atoms with van der Waals surface area (Å²) in [6, 6.07) is 0.0777. The molecule has 0 aliphatic carbocycles. The zero-order valence-electron chi connectivity index (χ0n) is 9.99. The van der Waals surface area contributed by atoms with E-state index in [1.54, 1.807) is 11.4 Å². The van der Waals surface area contributed by atoms with E-state index in [-0.39, 0.29) is 11.5 Å². The lowest BCUT2D eigenvalue weighted by Crippen LogP contribution is -2.48. The molecular weight excluding hydrogens is 214 g/mol. The quantitative estimate of drug-likeness (QED) is 0.735. The number of hydrogen-bond acceptors (Lipinski definition) is 3. The van der Waals surface area contributed by atoms with E-state index in [2.05, 4.69) is 6.92 Å². The normalized spacial score (nSPS) is 34.3. The van der Waals surface area contributed by atoms with Crippen LogP contribution in [0.5, 0.6) is 0 Å². The van der Waals surface area contributed by atoms with Crippen LogP contribution in [0, 0.1) is 5.41 Å². The molecule has 1 saturated heterocycles. The van der Waals surface area contributed by atoms with Gasteiger partial charge in [0.2, 0.25) is 10.0 Å². The van der Waals surface area contributed by atoms with Gasteiger partial charge in [-0.25, -0.2) is 8.42 Å². The van der Waals surface area contributed by atoms with Crippen LogP contribution in [0.1, 0.15) is 26.7 Å². The Bertz CT molecular complexity index is 315. The summed E-state index contributed by atoms with van der Waals surface area (Å²) in [7, 11) is -1.35. The summed E-state index contributed by atoms with van der Waals surface area (Å²) >= 11 is 0. The Morgan fingerprint density at radius 1 is 1.53 bits per heavy atom. The maximum absolute atomic E-state index is 11.5. The molecule has 1 rings (SSSR count). The van der Waals surface area contributed by atoms with E-state index in [0.29, 0.717) is 13.2 Å². The predicted octanol–water partition coefficient (Wildman–Crippen LogP) is 1.08. The SMILES string of the molecule is COC[C@@]1(C)CCN(S(C)(=O)=O)C(C)C1. The van der Waals surface area contributed by atoms with Crippen LogP contribution in [0.2, 0.25) is 0 Å². The minimum absolute atomic E-state index is 0.0777. The zero-order chi connectivity index (χ0) is 11.7. The molecule has 1 unspecified atom stereocenters. The molecule has 1 aliphatic rings. The number of methoxy groups -OCH3 is 1. The van der Waals surface area contributed by atoms with Crippen molar-refractivity contribution >= 4 is 10.0 Å². The van der Waals surface area contributed by atoms with Gasteiger partial charge >= 0.3 is 0 Å². The Morgan fingerprint density at radius 2 is 2.13 bits per heavy atom. The molecule has 0 bridgehead atoms. The molecule has 0 aromatic rings. The highest BCUT2D eigenvalue weighted by Gasteiger charge is 2.37. The van der Waals surface area contributed by atoms with E-state index < -0.39 is 10.0 Å². The maximum atomic E-state index is 11.5. The molecule has 90 valence electrons. The number of ether oxygens (including phenoxy) is 1. The van der Waals surface area contributed by atoms with Gasteiger partial charge in [0.1, 0.15) is 0 Å². The van der Waals surface area contributed by atoms with Crippen LogP contribution in [0.4, 0.5) is 0 Å². The summed E-state index contributed by atoms with van der Waals surface area (Å²) in [6.45, 7) is 5.44. The van der Waals surface area contributed by atoms with Crippen molar-refractivity contribution in [1.29, 1.82) is 0 Å². The number of piperidine rings is 1. The van der Waals surface area contributed by atoms with E-state index in [1.165, 1.54) is 6.26 Å². The Morgan fingerprint density at radius 3 is 2.53 bits per heavy atom. The molecule has 0 saturated carbocycles. The number of rotatable bonds is 3. The highest BCUT2D eigenvalue weighted by molar-refractivity contribution is 7.88. The van der Waals surface area contributed by atoms with E-state index in [9.17, 15) is 8.42 Å². The first-order valence-corrected chi connectivity index (χ1v) is 7.09. The monoisotopic (exact) mass is 235 g/mol.